The molecule has 0 aliphatic carbocycles. The molecule has 0 aromatic carbocycles. The zero-order valence-electron chi connectivity index (χ0n) is 37.8. The summed E-state index contributed by atoms with van der Waals surface area (Å²) in [6.45, 7) is -0.449. The summed E-state index contributed by atoms with van der Waals surface area (Å²) in [7, 11) is -22.9. The van der Waals surface area contributed by atoms with Gasteiger partial charge in [-0.05, 0) is 24.6 Å². The topological polar surface area (TPSA) is 225 Å². The quantitative estimate of drug-likeness (QED) is 0.0282. The van der Waals surface area contributed by atoms with Crippen LogP contribution in [0.2, 0.25) is 0 Å². The van der Waals surface area contributed by atoms with Gasteiger partial charge in [0.15, 0.2) is 0 Å². The van der Waals surface area contributed by atoms with Crippen molar-refractivity contribution in [2.24, 2.45) is 0 Å². The van der Waals surface area contributed by atoms with E-state index in [2.05, 4.69) is 47.4 Å². The third kappa shape index (κ3) is 44.7. The predicted molar refractivity (Wildman–Crippen MR) is 250 cm³/mol. The first-order chi connectivity index (χ1) is 28.9. The van der Waals surface area contributed by atoms with Crippen molar-refractivity contribution in [1.29, 1.82) is 0 Å². The summed E-state index contributed by atoms with van der Waals surface area (Å²) >= 11 is 4.69. The monoisotopic (exact) mass is 994 g/mol. The van der Waals surface area contributed by atoms with Crippen molar-refractivity contribution in [3.8, 4) is 0 Å². The van der Waals surface area contributed by atoms with Gasteiger partial charge in [0.2, 0.25) is 0 Å². The lowest BCUT2D eigenvalue weighted by Crippen LogP contribution is -2.01. The van der Waals surface area contributed by atoms with Crippen LogP contribution in [0.3, 0.4) is 0 Å². The Kier molecular flexibility index (Phi) is 39.9. The van der Waals surface area contributed by atoms with Crippen molar-refractivity contribution in [1.82, 2.24) is 0 Å². The average molecular weight is 995 g/mol. The fourth-order valence-electron chi connectivity index (χ4n) is 6.98. The van der Waals surface area contributed by atoms with Gasteiger partial charge in [0.25, 0.3) is 0 Å². The Morgan fingerprint density at radius 2 is 0.492 bits per heavy atom. The molecule has 0 radical (unpaired) electrons. The number of unbranched alkanes of at least 4 members (excludes halogenated alkanes) is 34. The summed E-state index contributed by atoms with van der Waals surface area (Å²) in [4.78, 5) is 49.5. The van der Waals surface area contributed by atoms with Crippen molar-refractivity contribution in [2.75, 3.05) is 13.2 Å². The van der Waals surface area contributed by atoms with Crippen LogP contribution in [-0.4, -0.2) is 37.7 Å². The molecule has 0 aliphatic rings. The van der Waals surface area contributed by atoms with Crippen LogP contribution in [0.25, 0.3) is 0 Å². The third-order valence-electron chi connectivity index (χ3n) is 10.3. The maximum absolute atomic E-state index is 12.3. The zero-order valence-corrected chi connectivity index (χ0v) is 43.1. The van der Waals surface area contributed by atoms with E-state index in [4.69, 9.17) is 4.52 Å². The lowest BCUT2D eigenvalue weighted by atomic mass is 10.0. The number of phosphoric acid groups is 4. The Morgan fingerprint density at radius 3 is 0.754 bits per heavy atom. The Labute approximate surface area is 375 Å². The lowest BCUT2D eigenvalue weighted by Gasteiger charge is -2.21. The summed E-state index contributed by atoms with van der Waals surface area (Å²) in [6, 6.07) is 0. The van der Waals surface area contributed by atoms with Crippen molar-refractivity contribution in [3.63, 3.8) is 0 Å². The summed E-state index contributed by atoms with van der Waals surface area (Å²) in [5, 5.41) is 0. The molecule has 0 amide bonds. The van der Waals surface area contributed by atoms with Gasteiger partial charge in [-0.2, -0.15) is 12.9 Å². The normalized spacial score (nSPS) is 17.0. The first-order valence-corrected chi connectivity index (χ1v) is 32.3. The molecular weight excluding hydrogens is 907 g/mol. The van der Waals surface area contributed by atoms with Crippen LogP contribution in [0.15, 0.2) is 0 Å². The fourth-order valence-corrected chi connectivity index (χ4v) is 14.4. The minimum Gasteiger partial charge on any atom is -0.324 e. The Hall–Kier alpha value is 1.13. The SMILES string of the molecule is CCCCCCCCCCCCCCCCCCCCOP(=O)(O)OP(=O)(O)OP(=O)(O)OP(=O)(O)OP(O)(=S)OCCCCCCCCCCCCCCCCCCCC. The molecule has 15 nitrogen and oxygen atoms in total. The zero-order chi connectivity index (χ0) is 45.6. The second kappa shape index (κ2) is 39.2. The molecule has 5 N–H and O–H groups in total. The van der Waals surface area contributed by atoms with Gasteiger partial charge in [0, 0.05) is 0 Å². The molecule has 0 spiro atoms. The standard InChI is InChI=1S/C40H87O15P5S/c1-3-5-7-9-11-13-15-17-19-21-23-25-27-29-31-33-35-37-39-50-56(41,42)52-57(43,44)53-58(45,46)54-59(47,48)55-60(49,61)51-40-38-36-34-32-30-28-26-24-22-20-18-16-14-12-10-8-6-4-2/h3-40H2,1-2H3,(H,41,42)(H,43,44)(H,45,46)(H,47,48)(H,49,61). The van der Waals surface area contributed by atoms with Crippen LogP contribution >= 0.6 is 38.0 Å². The molecular formula is C40H87O15P5S. The highest BCUT2D eigenvalue weighted by Gasteiger charge is 2.47. The highest BCUT2D eigenvalue weighted by molar-refractivity contribution is 8.08. The second-order valence-electron chi connectivity index (χ2n) is 16.4. The Balaban J connectivity index is 4.05. The van der Waals surface area contributed by atoms with E-state index < -0.39 is 38.0 Å². The second-order valence-corrected chi connectivity index (χ2v) is 25.6. The molecule has 0 saturated carbocycles. The van der Waals surface area contributed by atoms with Gasteiger partial charge in [-0.25, -0.2) is 22.6 Å². The van der Waals surface area contributed by atoms with E-state index >= 15 is 0 Å². The third-order valence-corrected chi connectivity index (χ3v) is 18.9. The van der Waals surface area contributed by atoms with E-state index in [1.165, 1.54) is 161 Å². The summed E-state index contributed by atoms with van der Waals surface area (Å²) in [5.74, 6) is 0. The van der Waals surface area contributed by atoms with E-state index in [-0.39, 0.29) is 13.2 Å². The van der Waals surface area contributed by atoms with Crippen LogP contribution in [0, 0.1) is 0 Å². The van der Waals surface area contributed by atoms with Gasteiger partial charge in [-0.1, -0.05) is 232 Å². The van der Waals surface area contributed by atoms with Crippen molar-refractivity contribution in [3.05, 3.63) is 0 Å². The first kappa shape index (κ1) is 62.1. The summed E-state index contributed by atoms with van der Waals surface area (Å²) < 4.78 is 74.8. The smallest absolute Gasteiger partial charge is 0.324 e. The van der Waals surface area contributed by atoms with Crippen LogP contribution in [-0.2, 0) is 56.4 Å². The molecule has 5 atom stereocenters. The maximum atomic E-state index is 12.3. The molecule has 5 unspecified atom stereocenters. The Bertz CT molecular complexity index is 1190. The number of hydrogen-bond acceptors (Lipinski definition) is 11. The van der Waals surface area contributed by atoms with Gasteiger partial charge >= 0.3 is 38.0 Å². The molecule has 61 heavy (non-hydrogen) atoms. The highest BCUT2D eigenvalue weighted by atomic mass is 32.5. The van der Waals surface area contributed by atoms with Gasteiger partial charge < -0.3 is 29.0 Å². The number of phosphoric ester groups is 1. The van der Waals surface area contributed by atoms with E-state index in [9.17, 15) is 42.7 Å². The van der Waals surface area contributed by atoms with E-state index in [0.717, 1.165) is 51.4 Å². The molecule has 0 saturated heterocycles. The van der Waals surface area contributed by atoms with Crippen molar-refractivity contribution >= 4 is 49.8 Å². The molecule has 0 aromatic heterocycles. The molecule has 21 heteroatoms. The number of rotatable bonds is 48. The molecule has 0 fully saturated rings. The minimum atomic E-state index is -6.00. The molecule has 0 bridgehead atoms. The van der Waals surface area contributed by atoms with Crippen LogP contribution in [0.4, 0.5) is 0 Å². The fraction of sp³-hybridized carbons (Fsp3) is 1.00. The average Bonchev–Trinajstić information content (AvgIpc) is 3.14. The van der Waals surface area contributed by atoms with Gasteiger partial charge in [-0.3, -0.25) is 4.52 Å². The van der Waals surface area contributed by atoms with Crippen LogP contribution in [0.1, 0.15) is 245 Å². The largest absolute Gasteiger partial charge is 0.490 e. The first-order valence-electron chi connectivity index (χ1n) is 23.7. The van der Waals surface area contributed by atoms with Crippen molar-refractivity contribution < 1.29 is 69.0 Å². The highest BCUT2D eigenvalue weighted by Crippen LogP contribution is 2.73. The Morgan fingerprint density at radius 1 is 0.295 bits per heavy atom. The van der Waals surface area contributed by atoms with Gasteiger partial charge in [0.05, 0.1) is 13.2 Å². The lowest BCUT2D eigenvalue weighted by molar-refractivity contribution is 0.166. The predicted octanol–water partition coefficient (Wildman–Crippen LogP) is 15.8. The van der Waals surface area contributed by atoms with Crippen molar-refractivity contribution in [2.45, 2.75) is 245 Å². The minimum absolute atomic E-state index is 0.134. The van der Waals surface area contributed by atoms with E-state index in [1.54, 1.807) is 0 Å². The van der Waals surface area contributed by atoms with Gasteiger partial charge in [-0.15, -0.1) is 0 Å². The number of hydrogen-bond donors (Lipinski definition) is 5. The molecule has 0 aromatic rings. The van der Waals surface area contributed by atoms with Crippen LogP contribution < -0.4 is 0 Å². The van der Waals surface area contributed by atoms with E-state index in [1.807, 2.05) is 0 Å². The molecule has 0 rings (SSSR count). The van der Waals surface area contributed by atoms with E-state index in [0.29, 0.717) is 19.3 Å². The summed E-state index contributed by atoms with van der Waals surface area (Å²) in [6.07, 6.45) is 42.1. The van der Waals surface area contributed by atoms with Crippen LogP contribution in [0.5, 0.6) is 0 Å². The molecule has 0 aliphatic heterocycles. The maximum Gasteiger partial charge on any atom is 0.490 e. The molecule has 0 heterocycles. The molecule has 368 valence electrons. The van der Waals surface area contributed by atoms with Gasteiger partial charge in [0.1, 0.15) is 0 Å². The summed E-state index contributed by atoms with van der Waals surface area (Å²) in [5.41, 5.74) is 0.